The fraction of sp³-hybridized carbons (Fsp3) is 0.407. The van der Waals surface area contributed by atoms with Crippen molar-refractivity contribution >= 4 is 11.6 Å². The van der Waals surface area contributed by atoms with Crippen LogP contribution in [0.3, 0.4) is 0 Å². The maximum absolute atomic E-state index is 14.0. The largest absolute Gasteiger partial charge is 0.485 e. The average molecular weight is 544 g/mol. The molecule has 0 bridgehead atoms. The molecule has 0 saturated carbocycles. The molecule has 1 fully saturated rings. The van der Waals surface area contributed by atoms with Crippen molar-refractivity contribution in [3.8, 4) is 5.75 Å². The van der Waals surface area contributed by atoms with Crippen LogP contribution in [0.25, 0.3) is 0 Å². The van der Waals surface area contributed by atoms with E-state index in [0.29, 0.717) is 25.3 Å². The van der Waals surface area contributed by atoms with Gasteiger partial charge in [0.1, 0.15) is 34.7 Å². The standard InChI is InChI=1S/C27H28ClF2N5O3/c1-15-12-32-21(20-3-6-31-26(34-20)17-4-7-37-8-5-17)11-23(15)35-16(2)9-24(25(28)27(35)36)38-14-22-19(30)10-18(29)13-33-22/h3,6,9-10,12-13,17,21,23,32H,4-5,7-8,11,14H2,1-2H3. The number of nitrogens with zero attached hydrogens (tertiary/aromatic N) is 4. The highest BCUT2D eigenvalue weighted by molar-refractivity contribution is 6.31. The van der Waals surface area contributed by atoms with Crippen molar-refractivity contribution in [1.29, 1.82) is 0 Å². The fourth-order valence-corrected chi connectivity index (χ4v) is 5.14. The predicted octanol–water partition coefficient (Wildman–Crippen LogP) is 4.93. The highest BCUT2D eigenvalue weighted by Gasteiger charge is 2.29. The number of nitrogens with one attached hydrogen (secondary N) is 1. The van der Waals surface area contributed by atoms with Crippen LogP contribution < -0.4 is 15.6 Å². The first-order valence-corrected chi connectivity index (χ1v) is 12.9. The lowest BCUT2D eigenvalue weighted by atomic mass is 9.94. The summed E-state index contributed by atoms with van der Waals surface area (Å²) >= 11 is 6.43. The third-order valence-corrected chi connectivity index (χ3v) is 7.39. The average Bonchev–Trinajstić information content (AvgIpc) is 2.92. The van der Waals surface area contributed by atoms with Gasteiger partial charge in [-0.25, -0.2) is 18.7 Å². The van der Waals surface area contributed by atoms with Crippen LogP contribution in [0.15, 0.2) is 47.2 Å². The molecule has 2 atom stereocenters. The number of halogens is 3. The Kier molecular flexibility index (Phi) is 7.71. The van der Waals surface area contributed by atoms with Crippen LogP contribution in [0.2, 0.25) is 5.02 Å². The first kappa shape index (κ1) is 26.2. The Labute approximate surface area is 223 Å². The zero-order valence-corrected chi connectivity index (χ0v) is 21.8. The van der Waals surface area contributed by atoms with E-state index in [4.69, 9.17) is 26.1 Å². The molecule has 2 aliphatic heterocycles. The minimum Gasteiger partial charge on any atom is -0.485 e. The molecule has 3 aromatic heterocycles. The molecule has 8 nitrogen and oxygen atoms in total. The van der Waals surface area contributed by atoms with Crippen LogP contribution in [-0.4, -0.2) is 32.7 Å². The van der Waals surface area contributed by atoms with E-state index >= 15 is 0 Å². The number of rotatable bonds is 6. The Morgan fingerprint density at radius 1 is 1.21 bits per heavy atom. The molecule has 2 aliphatic rings. The molecule has 1 saturated heterocycles. The minimum atomic E-state index is -0.836. The second-order valence-corrected chi connectivity index (χ2v) is 9.97. The van der Waals surface area contributed by atoms with Gasteiger partial charge in [0, 0.05) is 43.2 Å². The summed E-state index contributed by atoms with van der Waals surface area (Å²) in [7, 11) is 0. The third-order valence-electron chi connectivity index (χ3n) is 7.04. The summed E-state index contributed by atoms with van der Waals surface area (Å²) in [5.41, 5.74) is 1.95. The van der Waals surface area contributed by atoms with E-state index in [0.717, 1.165) is 42.2 Å². The maximum atomic E-state index is 14.0. The zero-order chi connectivity index (χ0) is 26.8. The van der Waals surface area contributed by atoms with E-state index in [1.807, 2.05) is 19.2 Å². The first-order valence-electron chi connectivity index (χ1n) is 12.5. The lowest BCUT2D eigenvalue weighted by molar-refractivity contribution is 0.0835. The van der Waals surface area contributed by atoms with Gasteiger partial charge in [0.2, 0.25) is 0 Å². The Bertz CT molecular complexity index is 1420. The molecule has 0 spiro atoms. The molecule has 2 unspecified atom stereocenters. The van der Waals surface area contributed by atoms with Gasteiger partial charge in [-0.3, -0.25) is 9.78 Å². The highest BCUT2D eigenvalue weighted by Crippen LogP contribution is 2.35. The van der Waals surface area contributed by atoms with Crippen molar-refractivity contribution in [3.63, 3.8) is 0 Å². The van der Waals surface area contributed by atoms with Crippen molar-refractivity contribution in [3.05, 3.63) is 92.3 Å². The van der Waals surface area contributed by atoms with Crippen LogP contribution in [0.1, 0.15) is 67.1 Å². The monoisotopic (exact) mass is 543 g/mol. The summed E-state index contributed by atoms with van der Waals surface area (Å²) in [5, 5.41) is 3.29. The van der Waals surface area contributed by atoms with Gasteiger partial charge >= 0.3 is 0 Å². The van der Waals surface area contributed by atoms with E-state index in [-0.39, 0.29) is 41.1 Å². The Balaban J connectivity index is 1.38. The molecular weight excluding hydrogens is 516 g/mol. The van der Waals surface area contributed by atoms with Gasteiger partial charge in [0.15, 0.2) is 5.82 Å². The molecule has 5 rings (SSSR count). The second kappa shape index (κ2) is 11.2. The normalized spacial score (nSPS) is 20.1. The number of aryl methyl sites for hydroxylation is 1. The molecule has 0 aliphatic carbocycles. The van der Waals surface area contributed by atoms with E-state index in [1.54, 1.807) is 23.8 Å². The molecule has 0 aromatic carbocycles. The molecule has 38 heavy (non-hydrogen) atoms. The zero-order valence-electron chi connectivity index (χ0n) is 21.1. The van der Waals surface area contributed by atoms with Crippen LogP contribution in [0.4, 0.5) is 8.78 Å². The van der Waals surface area contributed by atoms with E-state index in [1.165, 1.54) is 0 Å². The Hall–Kier alpha value is -3.37. The van der Waals surface area contributed by atoms with Gasteiger partial charge in [0.05, 0.1) is 24.0 Å². The number of allylic oxidation sites excluding steroid dienone is 1. The van der Waals surface area contributed by atoms with Crippen molar-refractivity contribution in [2.45, 2.75) is 57.7 Å². The minimum absolute atomic E-state index is 0.0887. The summed E-state index contributed by atoms with van der Waals surface area (Å²) in [5.74, 6) is -0.416. The smallest absolute Gasteiger partial charge is 0.273 e. The number of hydrogen-bond acceptors (Lipinski definition) is 7. The number of pyridine rings is 2. The summed E-state index contributed by atoms with van der Waals surface area (Å²) < 4.78 is 39.8. The molecule has 5 heterocycles. The fourth-order valence-electron chi connectivity index (χ4n) is 4.94. The van der Waals surface area contributed by atoms with Gasteiger partial charge in [-0.2, -0.15) is 0 Å². The summed E-state index contributed by atoms with van der Waals surface area (Å²) in [4.78, 5) is 26.5. The quantitative estimate of drug-likeness (QED) is 0.471. The summed E-state index contributed by atoms with van der Waals surface area (Å²) in [6.07, 6.45) is 6.97. The third kappa shape index (κ3) is 5.42. The first-order chi connectivity index (χ1) is 18.3. The van der Waals surface area contributed by atoms with Gasteiger partial charge in [-0.1, -0.05) is 11.6 Å². The number of hydrogen-bond donors (Lipinski definition) is 1. The molecule has 0 amide bonds. The lowest BCUT2D eigenvalue weighted by Gasteiger charge is -2.32. The highest BCUT2D eigenvalue weighted by atomic mass is 35.5. The van der Waals surface area contributed by atoms with Gasteiger partial charge in [-0.05, 0) is 50.9 Å². The van der Waals surface area contributed by atoms with E-state index in [2.05, 4.69) is 15.3 Å². The van der Waals surface area contributed by atoms with Crippen molar-refractivity contribution in [1.82, 2.24) is 24.8 Å². The topological polar surface area (TPSA) is 91.2 Å². The lowest BCUT2D eigenvalue weighted by Crippen LogP contribution is -2.34. The molecule has 3 aromatic rings. The van der Waals surface area contributed by atoms with Crippen LogP contribution >= 0.6 is 11.6 Å². The number of ether oxygens (including phenoxy) is 2. The van der Waals surface area contributed by atoms with E-state index in [9.17, 15) is 13.6 Å². The van der Waals surface area contributed by atoms with Gasteiger partial charge < -0.3 is 19.4 Å². The van der Waals surface area contributed by atoms with E-state index < -0.39 is 17.2 Å². The Morgan fingerprint density at radius 2 is 2.00 bits per heavy atom. The second-order valence-electron chi connectivity index (χ2n) is 9.60. The molecular formula is C27H28ClF2N5O3. The van der Waals surface area contributed by atoms with Crippen LogP contribution in [-0.2, 0) is 11.3 Å². The van der Waals surface area contributed by atoms with Crippen LogP contribution in [0.5, 0.6) is 5.75 Å². The Morgan fingerprint density at radius 3 is 2.76 bits per heavy atom. The summed E-state index contributed by atoms with van der Waals surface area (Å²) in [6.45, 7) is 4.87. The van der Waals surface area contributed by atoms with Crippen LogP contribution in [0, 0.1) is 18.6 Å². The molecule has 11 heteroatoms. The summed E-state index contributed by atoms with van der Waals surface area (Å²) in [6, 6.07) is 3.87. The molecule has 200 valence electrons. The van der Waals surface area contributed by atoms with Crippen molar-refractivity contribution in [2.24, 2.45) is 0 Å². The number of aromatic nitrogens is 4. The van der Waals surface area contributed by atoms with Gasteiger partial charge in [-0.15, -0.1) is 0 Å². The maximum Gasteiger partial charge on any atom is 0.273 e. The SMILES string of the molecule is CC1=CNC(c2ccnc(C3CCOCC3)n2)CC1n1c(C)cc(OCc2ncc(F)cc2F)c(Cl)c1=O. The molecule has 1 N–H and O–H groups in total. The van der Waals surface area contributed by atoms with Crippen molar-refractivity contribution in [2.75, 3.05) is 13.2 Å². The molecule has 0 radical (unpaired) electrons. The van der Waals surface area contributed by atoms with Gasteiger partial charge in [0.25, 0.3) is 5.56 Å². The predicted molar refractivity (Wildman–Crippen MR) is 137 cm³/mol. The van der Waals surface area contributed by atoms with Crippen molar-refractivity contribution < 1.29 is 18.3 Å².